The number of aliphatic hydroxyl groups excluding tert-OH is 5. The lowest BCUT2D eigenvalue weighted by molar-refractivity contribution is -0.302. The second kappa shape index (κ2) is 31.6. The van der Waals surface area contributed by atoms with Crippen LogP contribution in [0.2, 0.25) is 0 Å². The molecule has 0 aromatic rings. The highest BCUT2D eigenvalue weighted by atomic mass is 16.7. The molecule has 0 aliphatic carbocycles. The first kappa shape index (κ1) is 46.0. The average Bonchev–Trinajstić information content (AvgIpc) is 3.10. The summed E-state index contributed by atoms with van der Waals surface area (Å²) in [7, 11) is 0. The van der Waals surface area contributed by atoms with Crippen molar-refractivity contribution in [2.24, 2.45) is 0 Å². The predicted octanol–water partition coefficient (Wildman–Crippen LogP) is 7.39. The molecule has 9 nitrogen and oxygen atoms in total. The predicted molar refractivity (Wildman–Crippen MR) is 198 cm³/mol. The van der Waals surface area contributed by atoms with E-state index in [9.17, 15) is 30.3 Å². The summed E-state index contributed by atoms with van der Waals surface area (Å²) < 4.78 is 11.2. The van der Waals surface area contributed by atoms with Crippen LogP contribution in [0.5, 0.6) is 0 Å². The molecule has 6 N–H and O–H groups in total. The van der Waals surface area contributed by atoms with E-state index in [-0.39, 0.29) is 12.5 Å². The molecular weight excluding hydrogens is 622 g/mol. The Kier molecular flexibility index (Phi) is 29.7. The smallest absolute Gasteiger partial charge is 0.220 e. The van der Waals surface area contributed by atoms with Gasteiger partial charge >= 0.3 is 0 Å². The number of unbranched alkanes of at least 4 members (excludes halogenated alkanes) is 21. The summed E-state index contributed by atoms with van der Waals surface area (Å²) in [5.74, 6) is -0.151. The van der Waals surface area contributed by atoms with Crippen molar-refractivity contribution in [1.29, 1.82) is 0 Å². The standard InChI is InChI=1S/C40H77NO8/c1-3-5-7-9-11-12-13-14-15-16-17-18-19-20-21-22-24-26-28-30-36(44)41-33(34(43)29-27-25-23-10-8-6-4-2)32-48-40-39(47)38(46)37(45)35(31-42)49-40/h14-15,33-35,37-40,42-43,45-47H,3-13,16-32H2,1-2H3,(H,41,44)/b15-14-. The van der Waals surface area contributed by atoms with E-state index in [1.807, 2.05) is 0 Å². The third kappa shape index (κ3) is 23.2. The van der Waals surface area contributed by atoms with E-state index in [1.165, 1.54) is 116 Å². The molecule has 0 radical (unpaired) electrons. The van der Waals surface area contributed by atoms with Crippen molar-refractivity contribution in [2.75, 3.05) is 13.2 Å². The summed E-state index contributed by atoms with van der Waals surface area (Å²) in [4.78, 5) is 12.9. The number of carbonyl (C=O) groups is 1. The molecule has 1 aliphatic heterocycles. The molecule has 290 valence electrons. The lowest BCUT2D eigenvalue weighted by Gasteiger charge is -2.40. The van der Waals surface area contributed by atoms with E-state index in [0.717, 1.165) is 38.5 Å². The molecule has 49 heavy (non-hydrogen) atoms. The van der Waals surface area contributed by atoms with E-state index < -0.39 is 49.5 Å². The van der Waals surface area contributed by atoms with Crippen LogP contribution >= 0.6 is 0 Å². The zero-order valence-electron chi connectivity index (χ0n) is 31.5. The van der Waals surface area contributed by atoms with Crippen LogP contribution in [0.15, 0.2) is 12.2 Å². The minimum atomic E-state index is -1.55. The summed E-state index contributed by atoms with van der Waals surface area (Å²) in [6.07, 6.45) is 26.7. The van der Waals surface area contributed by atoms with Gasteiger partial charge in [-0.15, -0.1) is 0 Å². The number of rotatable bonds is 33. The van der Waals surface area contributed by atoms with Crippen LogP contribution in [0, 0.1) is 0 Å². The number of hydrogen-bond donors (Lipinski definition) is 6. The molecule has 1 aliphatic rings. The SMILES string of the molecule is CCCCCCCC/C=C\CCCCCCCCCCCC(=O)NC(COC1OC(CO)C(O)C(O)C1O)C(O)CCCCCCCCC. The first-order valence-corrected chi connectivity index (χ1v) is 20.4. The summed E-state index contributed by atoms with van der Waals surface area (Å²) in [5.41, 5.74) is 0. The van der Waals surface area contributed by atoms with E-state index >= 15 is 0 Å². The number of amides is 1. The van der Waals surface area contributed by atoms with Gasteiger partial charge in [-0.3, -0.25) is 4.79 Å². The molecule has 9 heteroatoms. The Balaban J connectivity index is 2.28. The van der Waals surface area contributed by atoms with Gasteiger partial charge in [0.15, 0.2) is 6.29 Å². The van der Waals surface area contributed by atoms with E-state index in [0.29, 0.717) is 12.8 Å². The number of aliphatic hydroxyl groups is 5. The van der Waals surface area contributed by atoms with Crippen molar-refractivity contribution in [2.45, 2.75) is 224 Å². The van der Waals surface area contributed by atoms with Gasteiger partial charge < -0.3 is 40.3 Å². The van der Waals surface area contributed by atoms with Crippen LogP contribution in [0.4, 0.5) is 0 Å². The highest BCUT2D eigenvalue weighted by Crippen LogP contribution is 2.23. The summed E-state index contributed by atoms with van der Waals surface area (Å²) in [5, 5.41) is 53.9. The molecule has 7 unspecified atom stereocenters. The van der Waals surface area contributed by atoms with Gasteiger partial charge in [0, 0.05) is 6.42 Å². The highest BCUT2D eigenvalue weighted by Gasteiger charge is 2.44. The van der Waals surface area contributed by atoms with Crippen LogP contribution in [0.1, 0.15) is 181 Å². The second-order valence-corrected chi connectivity index (χ2v) is 14.4. The van der Waals surface area contributed by atoms with Crippen molar-refractivity contribution in [1.82, 2.24) is 5.32 Å². The molecule has 0 aromatic heterocycles. The quantitative estimate of drug-likeness (QED) is 0.0307. The van der Waals surface area contributed by atoms with Crippen LogP contribution in [0.3, 0.4) is 0 Å². The normalized spacial score (nSPS) is 22.5. The second-order valence-electron chi connectivity index (χ2n) is 14.4. The maximum Gasteiger partial charge on any atom is 0.220 e. The van der Waals surface area contributed by atoms with Crippen molar-refractivity contribution in [3.8, 4) is 0 Å². The van der Waals surface area contributed by atoms with Crippen LogP contribution in [0.25, 0.3) is 0 Å². The molecule has 1 amide bonds. The third-order valence-corrected chi connectivity index (χ3v) is 9.87. The van der Waals surface area contributed by atoms with Crippen LogP contribution in [-0.2, 0) is 14.3 Å². The number of ether oxygens (including phenoxy) is 2. The molecule has 0 aromatic carbocycles. The molecule has 0 bridgehead atoms. The monoisotopic (exact) mass is 700 g/mol. The Labute approximate surface area is 299 Å². The number of hydrogen-bond acceptors (Lipinski definition) is 8. The van der Waals surface area contributed by atoms with Crippen molar-refractivity contribution < 1.29 is 39.8 Å². The minimum absolute atomic E-state index is 0.137. The first-order valence-electron chi connectivity index (χ1n) is 20.4. The number of nitrogens with one attached hydrogen (secondary N) is 1. The first-order chi connectivity index (χ1) is 23.8. The Morgan fingerprint density at radius 1 is 0.673 bits per heavy atom. The maximum absolute atomic E-state index is 12.9. The van der Waals surface area contributed by atoms with Crippen molar-refractivity contribution in [3.05, 3.63) is 12.2 Å². The minimum Gasteiger partial charge on any atom is -0.394 e. The molecule has 1 saturated heterocycles. The molecule has 0 spiro atoms. The maximum atomic E-state index is 12.9. The van der Waals surface area contributed by atoms with Gasteiger partial charge in [-0.1, -0.05) is 148 Å². The van der Waals surface area contributed by atoms with Crippen molar-refractivity contribution >= 4 is 5.91 Å². The molecule has 0 saturated carbocycles. The summed E-state index contributed by atoms with van der Waals surface area (Å²) >= 11 is 0. The fourth-order valence-corrected chi connectivity index (χ4v) is 6.51. The molecule has 7 atom stereocenters. The Hall–Kier alpha value is -1.07. The van der Waals surface area contributed by atoms with Gasteiger partial charge in [0.25, 0.3) is 0 Å². The lowest BCUT2D eigenvalue weighted by atomic mass is 9.99. The van der Waals surface area contributed by atoms with E-state index in [1.54, 1.807) is 0 Å². The van der Waals surface area contributed by atoms with Crippen LogP contribution in [-0.4, -0.2) is 87.5 Å². The highest BCUT2D eigenvalue weighted by molar-refractivity contribution is 5.76. The van der Waals surface area contributed by atoms with Gasteiger partial charge in [-0.05, 0) is 38.5 Å². The summed E-state index contributed by atoms with van der Waals surface area (Å²) in [6, 6.07) is -0.712. The largest absolute Gasteiger partial charge is 0.394 e. The van der Waals surface area contributed by atoms with E-state index in [2.05, 4.69) is 31.3 Å². The number of carbonyl (C=O) groups excluding carboxylic acids is 1. The Morgan fingerprint density at radius 3 is 1.65 bits per heavy atom. The van der Waals surface area contributed by atoms with Gasteiger partial charge in [0.05, 0.1) is 25.4 Å². The zero-order chi connectivity index (χ0) is 36.0. The Morgan fingerprint density at radius 2 is 1.14 bits per heavy atom. The summed E-state index contributed by atoms with van der Waals surface area (Å²) in [6.45, 7) is 3.77. The fourth-order valence-electron chi connectivity index (χ4n) is 6.51. The Bertz CT molecular complexity index is 781. The molecular formula is C40H77NO8. The lowest BCUT2D eigenvalue weighted by Crippen LogP contribution is -2.60. The third-order valence-electron chi connectivity index (χ3n) is 9.87. The van der Waals surface area contributed by atoms with Gasteiger partial charge in [-0.2, -0.15) is 0 Å². The molecule has 1 rings (SSSR count). The van der Waals surface area contributed by atoms with Crippen LogP contribution < -0.4 is 5.32 Å². The molecule has 1 heterocycles. The van der Waals surface area contributed by atoms with Gasteiger partial charge in [-0.25, -0.2) is 0 Å². The van der Waals surface area contributed by atoms with Gasteiger partial charge in [0.2, 0.25) is 5.91 Å². The molecule has 1 fully saturated rings. The van der Waals surface area contributed by atoms with E-state index in [4.69, 9.17) is 9.47 Å². The fraction of sp³-hybridized carbons (Fsp3) is 0.925. The average molecular weight is 700 g/mol. The van der Waals surface area contributed by atoms with Crippen molar-refractivity contribution in [3.63, 3.8) is 0 Å². The topological polar surface area (TPSA) is 149 Å². The van der Waals surface area contributed by atoms with Gasteiger partial charge in [0.1, 0.15) is 24.4 Å². The zero-order valence-corrected chi connectivity index (χ0v) is 31.5. The number of allylic oxidation sites excluding steroid dienone is 2.